The fourth-order valence-corrected chi connectivity index (χ4v) is 6.31. The van der Waals surface area contributed by atoms with Gasteiger partial charge < -0.3 is 20.7 Å². The van der Waals surface area contributed by atoms with Crippen LogP contribution in [0.2, 0.25) is 0 Å². The molecule has 32 heavy (non-hydrogen) atoms. The number of aryl methyl sites for hydroxylation is 2. The number of pyridine rings is 1. The summed E-state index contributed by atoms with van der Waals surface area (Å²) in [5.41, 5.74) is 3.78. The van der Waals surface area contributed by atoms with Crippen LogP contribution in [0.15, 0.2) is 16.2 Å². The molecule has 3 rings (SSSR count). The van der Waals surface area contributed by atoms with Crippen molar-refractivity contribution in [3.05, 3.63) is 54.6 Å². The minimum Gasteiger partial charge on any atom is -0.465 e. The first kappa shape index (κ1) is 24.0. The standard InChI is InChI=1S/C24H33N3O4S/c1-5-18(16-6-8-17(9-7-16)27-24(30)31)21-15(4)20(12-32-21)22(28)25-11-19-13(2)10-14(3)26-23(19)29/h10,12,16-18,27H,5-9,11H2,1-4H3,(H,25,28)(H,26,29)(H,30,31)/t16-,17-,18?. The lowest BCUT2D eigenvalue weighted by Gasteiger charge is -2.33. The number of nitrogens with one attached hydrogen (secondary N) is 3. The zero-order chi connectivity index (χ0) is 23.4. The maximum absolute atomic E-state index is 12.9. The molecule has 2 amide bonds. The third-order valence-corrected chi connectivity index (χ3v) is 7.90. The van der Waals surface area contributed by atoms with Crippen molar-refractivity contribution in [3.63, 3.8) is 0 Å². The van der Waals surface area contributed by atoms with Gasteiger partial charge in [0.1, 0.15) is 0 Å². The van der Waals surface area contributed by atoms with E-state index in [4.69, 9.17) is 5.11 Å². The Kier molecular flexibility index (Phi) is 7.77. The number of carbonyl (C=O) groups is 2. The van der Waals surface area contributed by atoms with Crippen molar-refractivity contribution in [2.75, 3.05) is 0 Å². The van der Waals surface area contributed by atoms with Crippen LogP contribution in [-0.2, 0) is 6.54 Å². The highest BCUT2D eigenvalue weighted by molar-refractivity contribution is 7.10. The molecule has 0 aromatic carbocycles. The molecule has 1 unspecified atom stereocenters. The monoisotopic (exact) mass is 459 g/mol. The molecule has 0 spiro atoms. The zero-order valence-corrected chi connectivity index (χ0v) is 20.0. The number of thiophene rings is 1. The Morgan fingerprint density at radius 1 is 1.22 bits per heavy atom. The first-order valence-electron chi connectivity index (χ1n) is 11.3. The quantitative estimate of drug-likeness (QED) is 0.484. The topological polar surface area (TPSA) is 111 Å². The molecule has 0 aliphatic heterocycles. The Morgan fingerprint density at radius 3 is 2.50 bits per heavy atom. The van der Waals surface area contributed by atoms with Crippen LogP contribution in [0.4, 0.5) is 4.79 Å². The van der Waals surface area contributed by atoms with Crippen molar-refractivity contribution in [3.8, 4) is 0 Å². The number of H-pyrrole nitrogens is 1. The first-order chi connectivity index (χ1) is 15.2. The number of aromatic amines is 1. The van der Waals surface area contributed by atoms with E-state index in [1.807, 2.05) is 32.2 Å². The van der Waals surface area contributed by atoms with E-state index in [9.17, 15) is 14.4 Å². The molecule has 1 atom stereocenters. The SMILES string of the molecule is CCC(c1scc(C(=O)NCc2c(C)cc(C)[nH]c2=O)c1C)[C@H]1CC[C@H](NC(=O)O)CC1. The van der Waals surface area contributed by atoms with E-state index in [0.29, 0.717) is 23.0 Å². The van der Waals surface area contributed by atoms with Crippen LogP contribution in [0.3, 0.4) is 0 Å². The van der Waals surface area contributed by atoms with Crippen molar-refractivity contribution < 1.29 is 14.7 Å². The predicted octanol–water partition coefficient (Wildman–Crippen LogP) is 4.61. The Labute approximate surface area is 192 Å². The van der Waals surface area contributed by atoms with Crippen molar-refractivity contribution in [1.29, 1.82) is 0 Å². The molecule has 7 nitrogen and oxygen atoms in total. The molecule has 0 bridgehead atoms. The van der Waals surface area contributed by atoms with Crippen LogP contribution < -0.4 is 16.2 Å². The molecule has 0 saturated heterocycles. The normalized spacial score (nSPS) is 19.4. The van der Waals surface area contributed by atoms with Gasteiger partial charge in [-0.3, -0.25) is 9.59 Å². The first-order valence-corrected chi connectivity index (χ1v) is 12.1. The van der Waals surface area contributed by atoms with Crippen LogP contribution in [0.25, 0.3) is 0 Å². The molecule has 2 heterocycles. The molecular weight excluding hydrogens is 426 g/mol. The molecule has 174 valence electrons. The van der Waals surface area contributed by atoms with Crippen molar-refractivity contribution in [2.45, 2.75) is 78.3 Å². The lowest BCUT2D eigenvalue weighted by molar-refractivity contribution is 0.0950. The van der Waals surface area contributed by atoms with Gasteiger partial charge in [-0.05, 0) is 81.9 Å². The Bertz CT molecular complexity index is 1030. The number of aromatic nitrogens is 1. The molecule has 1 aliphatic rings. The predicted molar refractivity (Wildman–Crippen MR) is 127 cm³/mol. The second-order valence-electron chi connectivity index (χ2n) is 8.84. The summed E-state index contributed by atoms with van der Waals surface area (Å²) in [5.74, 6) is 0.706. The van der Waals surface area contributed by atoms with E-state index >= 15 is 0 Å². The number of carbonyl (C=O) groups excluding carboxylic acids is 1. The van der Waals surface area contributed by atoms with Crippen LogP contribution in [0.1, 0.15) is 82.6 Å². The van der Waals surface area contributed by atoms with Crippen LogP contribution in [-0.4, -0.2) is 28.1 Å². The van der Waals surface area contributed by atoms with Gasteiger partial charge >= 0.3 is 6.09 Å². The van der Waals surface area contributed by atoms with Gasteiger partial charge in [0.05, 0.1) is 5.56 Å². The molecule has 1 saturated carbocycles. The van der Waals surface area contributed by atoms with E-state index in [1.54, 1.807) is 11.3 Å². The van der Waals surface area contributed by atoms with Gasteiger partial charge in [0.2, 0.25) is 0 Å². The summed E-state index contributed by atoms with van der Waals surface area (Å²) in [5, 5.41) is 16.4. The lowest BCUT2D eigenvalue weighted by Crippen LogP contribution is -2.37. The maximum Gasteiger partial charge on any atom is 0.404 e. The highest BCUT2D eigenvalue weighted by Gasteiger charge is 2.31. The zero-order valence-electron chi connectivity index (χ0n) is 19.2. The summed E-state index contributed by atoms with van der Waals surface area (Å²) in [6.07, 6.45) is 3.72. The van der Waals surface area contributed by atoms with E-state index in [1.165, 1.54) is 4.88 Å². The molecular formula is C24H33N3O4S. The number of carboxylic acid groups (broad SMARTS) is 1. The molecule has 2 aromatic heterocycles. The Hall–Kier alpha value is -2.61. The number of rotatable bonds is 7. The van der Waals surface area contributed by atoms with E-state index in [0.717, 1.165) is 48.9 Å². The van der Waals surface area contributed by atoms with Crippen LogP contribution >= 0.6 is 11.3 Å². The minimum atomic E-state index is -0.951. The molecule has 0 radical (unpaired) electrons. The summed E-state index contributed by atoms with van der Waals surface area (Å²) >= 11 is 1.63. The summed E-state index contributed by atoms with van der Waals surface area (Å²) in [6.45, 7) is 8.10. The molecule has 1 fully saturated rings. The minimum absolute atomic E-state index is 0.0420. The average Bonchev–Trinajstić information content (AvgIpc) is 3.10. The summed E-state index contributed by atoms with van der Waals surface area (Å²) < 4.78 is 0. The number of hydrogen-bond acceptors (Lipinski definition) is 4. The molecule has 1 aliphatic carbocycles. The largest absolute Gasteiger partial charge is 0.465 e. The van der Waals surface area contributed by atoms with Gasteiger partial charge in [0.25, 0.3) is 11.5 Å². The molecule has 2 aromatic rings. The van der Waals surface area contributed by atoms with Gasteiger partial charge in [0.15, 0.2) is 0 Å². The van der Waals surface area contributed by atoms with Crippen LogP contribution in [0.5, 0.6) is 0 Å². The number of amides is 2. The summed E-state index contributed by atoms with van der Waals surface area (Å²) in [4.78, 5) is 40.1. The lowest BCUT2D eigenvalue weighted by atomic mass is 9.76. The second-order valence-corrected chi connectivity index (χ2v) is 9.75. The van der Waals surface area contributed by atoms with Crippen molar-refractivity contribution in [1.82, 2.24) is 15.6 Å². The summed E-state index contributed by atoms with van der Waals surface area (Å²) in [6, 6.07) is 1.95. The number of hydrogen-bond donors (Lipinski definition) is 4. The van der Waals surface area contributed by atoms with E-state index in [2.05, 4.69) is 22.5 Å². The fourth-order valence-electron chi connectivity index (χ4n) is 4.96. The van der Waals surface area contributed by atoms with Gasteiger partial charge in [-0.25, -0.2) is 4.79 Å². The Morgan fingerprint density at radius 2 is 1.91 bits per heavy atom. The average molecular weight is 460 g/mol. The van der Waals surface area contributed by atoms with E-state index in [-0.39, 0.29) is 24.1 Å². The highest BCUT2D eigenvalue weighted by atomic mass is 32.1. The Balaban J connectivity index is 1.68. The highest BCUT2D eigenvalue weighted by Crippen LogP contribution is 2.42. The maximum atomic E-state index is 12.9. The van der Waals surface area contributed by atoms with Crippen LogP contribution in [0, 0.1) is 26.7 Å². The van der Waals surface area contributed by atoms with Gasteiger partial charge in [0, 0.05) is 34.1 Å². The van der Waals surface area contributed by atoms with Crippen molar-refractivity contribution in [2.24, 2.45) is 5.92 Å². The summed E-state index contributed by atoms with van der Waals surface area (Å²) in [7, 11) is 0. The van der Waals surface area contributed by atoms with E-state index < -0.39 is 6.09 Å². The molecule has 4 N–H and O–H groups in total. The third-order valence-electron chi connectivity index (χ3n) is 6.69. The third kappa shape index (κ3) is 5.41. The second kappa shape index (κ2) is 10.3. The smallest absolute Gasteiger partial charge is 0.404 e. The fraction of sp³-hybridized carbons (Fsp3) is 0.542. The van der Waals surface area contributed by atoms with Gasteiger partial charge in [-0.1, -0.05) is 6.92 Å². The van der Waals surface area contributed by atoms with Gasteiger partial charge in [-0.15, -0.1) is 11.3 Å². The molecule has 8 heteroatoms. The van der Waals surface area contributed by atoms with Gasteiger partial charge in [-0.2, -0.15) is 0 Å². The van der Waals surface area contributed by atoms with Crippen molar-refractivity contribution >= 4 is 23.3 Å².